The van der Waals surface area contributed by atoms with Crippen LogP contribution in [-0.4, -0.2) is 42.5 Å². The van der Waals surface area contributed by atoms with Crippen molar-refractivity contribution in [1.29, 1.82) is 0 Å². The van der Waals surface area contributed by atoms with E-state index in [-0.39, 0.29) is 5.91 Å². The maximum absolute atomic E-state index is 13.0. The lowest BCUT2D eigenvalue weighted by Crippen LogP contribution is -2.31. The fourth-order valence-electron chi connectivity index (χ4n) is 3.14. The molecular formula is C19H25N3OS. The summed E-state index contributed by atoms with van der Waals surface area (Å²) in [6, 6.07) is 6.23. The highest BCUT2D eigenvalue weighted by molar-refractivity contribution is 7.11. The number of hydrogen-bond donors (Lipinski definition) is 0. The Morgan fingerprint density at radius 1 is 1.29 bits per heavy atom. The van der Waals surface area contributed by atoms with Crippen LogP contribution in [0.5, 0.6) is 0 Å². The van der Waals surface area contributed by atoms with Gasteiger partial charge in [-0.2, -0.15) is 0 Å². The Hall–Kier alpha value is -1.88. The number of likely N-dealkylation sites (N-methyl/N-ethyl adjacent to an activating group) is 1. The molecule has 0 atom stereocenters. The van der Waals surface area contributed by atoms with Crippen LogP contribution in [0.1, 0.15) is 38.6 Å². The largest absolute Gasteiger partial charge is 0.371 e. The third-order valence-electron chi connectivity index (χ3n) is 4.51. The summed E-state index contributed by atoms with van der Waals surface area (Å²) in [5, 5.41) is 1.09. The monoisotopic (exact) mass is 343 g/mol. The molecular weight excluding hydrogens is 318 g/mol. The number of rotatable bonds is 5. The number of benzene rings is 1. The lowest BCUT2D eigenvalue weighted by atomic mass is 10.1. The van der Waals surface area contributed by atoms with Crippen molar-refractivity contribution in [3.63, 3.8) is 0 Å². The van der Waals surface area contributed by atoms with E-state index in [4.69, 9.17) is 0 Å². The molecule has 4 nitrogen and oxygen atoms in total. The average molecular weight is 343 g/mol. The quantitative estimate of drug-likeness (QED) is 0.831. The molecule has 1 aromatic carbocycles. The second kappa shape index (κ2) is 7.34. The number of anilines is 1. The first-order valence-corrected chi connectivity index (χ1v) is 9.38. The number of amides is 1. The minimum absolute atomic E-state index is 0.105. The molecule has 3 rings (SSSR count). The van der Waals surface area contributed by atoms with Gasteiger partial charge in [0.05, 0.1) is 10.6 Å². The highest BCUT2D eigenvalue weighted by atomic mass is 32.1. The summed E-state index contributed by atoms with van der Waals surface area (Å²) in [7, 11) is 1.89. The molecule has 1 aromatic heterocycles. The van der Waals surface area contributed by atoms with Gasteiger partial charge in [-0.05, 0) is 38.8 Å². The zero-order chi connectivity index (χ0) is 17.1. The number of nitrogens with zero attached hydrogens (tertiary/aromatic N) is 3. The number of hydrogen-bond acceptors (Lipinski definition) is 4. The Morgan fingerprint density at radius 2 is 2.04 bits per heavy atom. The van der Waals surface area contributed by atoms with Gasteiger partial charge in [0.2, 0.25) is 0 Å². The molecule has 0 aliphatic carbocycles. The van der Waals surface area contributed by atoms with E-state index >= 15 is 0 Å². The Kier molecular flexibility index (Phi) is 5.19. The van der Waals surface area contributed by atoms with Gasteiger partial charge < -0.3 is 9.80 Å². The highest BCUT2D eigenvalue weighted by Crippen LogP contribution is 2.26. The molecule has 0 radical (unpaired) electrons. The van der Waals surface area contributed by atoms with Gasteiger partial charge in [0.15, 0.2) is 0 Å². The van der Waals surface area contributed by atoms with Crippen LogP contribution in [0.3, 0.4) is 0 Å². The van der Waals surface area contributed by atoms with Crippen LogP contribution in [-0.2, 0) is 6.42 Å². The van der Waals surface area contributed by atoms with Crippen molar-refractivity contribution in [2.45, 2.75) is 33.1 Å². The molecule has 5 heteroatoms. The van der Waals surface area contributed by atoms with Gasteiger partial charge in [-0.25, -0.2) is 4.98 Å². The summed E-state index contributed by atoms with van der Waals surface area (Å²) in [6.07, 6.45) is 5.13. The van der Waals surface area contributed by atoms with Gasteiger partial charge in [0.25, 0.3) is 5.91 Å². The molecule has 2 aromatic rings. The van der Waals surface area contributed by atoms with Gasteiger partial charge in [0.1, 0.15) is 0 Å². The number of aryl methyl sites for hydroxylation is 2. The molecule has 1 saturated heterocycles. The molecule has 128 valence electrons. The minimum Gasteiger partial charge on any atom is -0.371 e. The second-order valence-electron chi connectivity index (χ2n) is 6.56. The van der Waals surface area contributed by atoms with Gasteiger partial charge in [-0.15, -0.1) is 11.3 Å². The Balaban J connectivity index is 1.74. The third-order valence-corrected chi connectivity index (χ3v) is 5.48. The first kappa shape index (κ1) is 17.0. The van der Waals surface area contributed by atoms with E-state index < -0.39 is 0 Å². The molecule has 1 fully saturated rings. The third kappa shape index (κ3) is 3.78. The van der Waals surface area contributed by atoms with Gasteiger partial charge >= 0.3 is 0 Å². The fourth-order valence-corrected chi connectivity index (χ4v) is 3.92. The number of carbonyl (C=O) groups is 1. The van der Waals surface area contributed by atoms with Gasteiger partial charge in [0, 0.05) is 49.9 Å². The Morgan fingerprint density at radius 3 is 2.71 bits per heavy atom. The van der Waals surface area contributed by atoms with E-state index in [9.17, 15) is 4.79 Å². The van der Waals surface area contributed by atoms with E-state index in [1.807, 2.05) is 31.1 Å². The molecule has 0 bridgehead atoms. The summed E-state index contributed by atoms with van der Waals surface area (Å²) in [5.41, 5.74) is 3.04. The summed E-state index contributed by atoms with van der Waals surface area (Å²) >= 11 is 1.71. The van der Waals surface area contributed by atoms with Crippen LogP contribution in [0.2, 0.25) is 0 Å². The molecule has 1 aliphatic rings. The van der Waals surface area contributed by atoms with Crippen molar-refractivity contribution in [3.05, 3.63) is 45.4 Å². The zero-order valence-electron chi connectivity index (χ0n) is 14.7. The summed E-state index contributed by atoms with van der Waals surface area (Å²) < 4.78 is 0. The first-order chi connectivity index (χ1) is 11.5. The predicted octanol–water partition coefficient (Wildman–Crippen LogP) is 3.67. The highest BCUT2D eigenvalue weighted by Gasteiger charge is 2.21. The summed E-state index contributed by atoms with van der Waals surface area (Å²) in [4.78, 5) is 22.7. The fraction of sp³-hybridized carbons (Fsp3) is 0.474. The lowest BCUT2D eigenvalue weighted by molar-refractivity contribution is 0.0797. The molecule has 0 saturated carbocycles. The van der Waals surface area contributed by atoms with E-state index in [0.29, 0.717) is 6.54 Å². The summed E-state index contributed by atoms with van der Waals surface area (Å²) in [5.74, 6) is 0.105. The Bertz CT molecular complexity index is 719. The van der Waals surface area contributed by atoms with Gasteiger partial charge in [-0.3, -0.25) is 4.79 Å². The van der Waals surface area contributed by atoms with Crippen molar-refractivity contribution in [2.75, 3.05) is 31.6 Å². The average Bonchev–Trinajstić information content (AvgIpc) is 3.23. The summed E-state index contributed by atoms with van der Waals surface area (Å²) in [6.45, 7) is 6.89. The van der Waals surface area contributed by atoms with Crippen molar-refractivity contribution in [3.8, 4) is 0 Å². The molecule has 1 aliphatic heterocycles. The number of thiazole rings is 1. The molecule has 0 N–H and O–H groups in total. The van der Waals surface area contributed by atoms with Crippen LogP contribution in [0.4, 0.5) is 5.69 Å². The van der Waals surface area contributed by atoms with Crippen molar-refractivity contribution in [1.82, 2.24) is 9.88 Å². The van der Waals surface area contributed by atoms with Crippen molar-refractivity contribution < 1.29 is 4.79 Å². The SMILES string of the molecule is Cc1ccc(N2CCCC2)c(C(=O)N(C)CCc2ncc(C)s2)c1. The Labute approximate surface area is 148 Å². The second-order valence-corrected chi connectivity index (χ2v) is 7.88. The molecule has 1 amide bonds. The zero-order valence-corrected chi connectivity index (χ0v) is 15.5. The topological polar surface area (TPSA) is 36.4 Å². The van der Waals surface area contributed by atoms with E-state index in [1.165, 1.54) is 17.7 Å². The standard InChI is InChI=1S/C19H25N3OS/c1-14-6-7-17(22-9-4-5-10-22)16(12-14)19(23)21(3)11-8-18-20-13-15(2)24-18/h6-7,12-13H,4-5,8-11H2,1-3H3. The lowest BCUT2D eigenvalue weighted by Gasteiger charge is -2.24. The van der Waals surface area contributed by atoms with Crippen LogP contribution in [0.15, 0.2) is 24.4 Å². The van der Waals surface area contributed by atoms with Crippen molar-refractivity contribution >= 4 is 22.9 Å². The van der Waals surface area contributed by atoms with Crippen molar-refractivity contribution in [2.24, 2.45) is 0 Å². The maximum atomic E-state index is 13.0. The number of aromatic nitrogens is 1. The molecule has 0 unspecified atom stereocenters. The molecule has 24 heavy (non-hydrogen) atoms. The smallest absolute Gasteiger partial charge is 0.255 e. The number of carbonyl (C=O) groups excluding carboxylic acids is 1. The first-order valence-electron chi connectivity index (χ1n) is 8.57. The van der Waals surface area contributed by atoms with Crippen LogP contribution >= 0.6 is 11.3 Å². The van der Waals surface area contributed by atoms with Crippen LogP contribution < -0.4 is 4.90 Å². The van der Waals surface area contributed by atoms with Crippen LogP contribution in [0, 0.1) is 13.8 Å². The van der Waals surface area contributed by atoms with E-state index in [1.54, 1.807) is 11.3 Å². The van der Waals surface area contributed by atoms with E-state index in [0.717, 1.165) is 41.3 Å². The maximum Gasteiger partial charge on any atom is 0.255 e. The molecule has 0 spiro atoms. The normalized spacial score (nSPS) is 14.2. The van der Waals surface area contributed by atoms with E-state index in [2.05, 4.69) is 28.9 Å². The van der Waals surface area contributed by atoms with Gasteiger partial charge in [-0.1, -0.05) is 11.6 Å². The molecule has 2 heterocycles. The van der Waals surface area contributed by atoms with Crippen LogP contribution in [0.25, 0.3) is 0 Å². The minimum atomic E-state index is 0.105. The predicted molar refractivity (Wildman–Crippen MR) is 100 cm³/mol.